The molecule has 1 atom stereocenters. The normalized spacial score (nSPS) is 16.4. The van der Waals surface area contributed by atoms with E-state index in [1.54, 1.807) is 4.90 Å². The minimum absolute atomic E-state index is 0.0134. The van der Waals surface area contributed by atoms with E-state index in [1.807, 2.05) is 30.3 Å². The topological polar surface area (TPSA) is 52.7 Å². The molecule has 5 heteroatoms. The summed E-state index contributed by atoms with van der Waals surface area (Å²) in [6.45, 7) is 4.99. The lowest BCUT2D eigenvalue weighted by atomic mass is 10.1. The van der Waals surface area contributed by atoms with Gasteiger partial charge in [0.25, 0.3) is 0 Å². The van der Waals surface area contributed by atoms with Gasteiger partial charge in [-0.25, -0.2) is 0 Å². The molecule has 0 saturated carbocycles. The molecule has 1 heterocycles. The third kappa shape index (κ3) is 5.67. The average Bonchev–Trinajstić information content (AvgIpc) is 3.13. The number of rotatable bonds is 9. The zero-order chi connectivity index (χ0) is 20.6. The second-order valence-electron chi connectivity index (χ2n) is 7.76. The Labute approximate surface area is 173 Å². The number of nitrogens with one attached hydrogen (secondary N) is 1. The van der Waals surface area contributed by atoms with E-state index in [1.165, 1.54) is 5.56 Å². The molecule has 1 N–H and O–H groups in total. The molecule has 1 fully saturated rings. The summed E-state index contributed by atoms with van der Waals surface area (Å²) in [6.07, 6.45) is 2.04. The number of carbonyl (C=O) groups excluding carboxylic acids is 2. The lowest BCUT2D eigenvalue weighted by molar-refractivity contribution is -0.126. The van der Waals surface area contributed by atoms with Crippen molar-refractivity contribution < 1.29 is 9.59 Å². The maximum atomic E-state index is 12.6. The summed E-state index contributed by atoms with van der Waals surface area (Å²) in [5, 5.41) is 3.02. The van der Waals surface area contributed by atoms with Crippen LogP contribution in [0.4, 0.5) is 5.69 Å². The molecule has 154 valence electrons. The van der Waals surface area contributed by atoms with E-state index in [2.05, 4.69) is 48.5 Å². The standard InChI is InChI=1S/C24H31N3O2/c1-3-20-12-7-8-13-22(20)27-18-21(16-23(27)28)24(29)25-14-9-15-26(2)17-19-10-5-4-6-11-19/h4-8,10-13,21H,3,9,14-18H2,1-2H3,(H,25,29). The Morgan fingerprint density at radius 2 is 1.86 bits per heavy atom. The van der Waals surface area contributed by atoms with Gasteiger partial charge in [-0.2, -0.15) is 0 Å². The van der Waals surface area contributed by atoms with Crippen LogP contribution in [0.1, 0.15) is 30.9 Å². The number of hydrogen-bond donors (Lipinski definition) is 1. The third-order valence-corrected chi connectivity index (χ3v) is 5.47. The van der Waals surface area contributed by atoms with Crippen LogP contribution in [0.15, 0.2) is 54.6 Å². The molecule has 5 nitrogen and oxygen atoms in total. The maximum absolute atomic E-state index is 12.6. The fourth-order valence-electron chi connectivity index (χ4n) is 3.87. The lowest BCUT2D eigenvalue weighted by Crippen LogP contribution is -2.34. The number of nitrogens with zero attached hydrogens (tertiary/aromatic N) is 2. The summed E-state index contributed by atoms with van der Waals surface area (Å²) in [5.41, 5.74) is 3.37. The van der Waals surface area contributed by atoms with Gasteiger partial charge in [0.2, 0.25) is 11.8 Å². The highest BCUT2D eigenvalue weighted by atomic mass is 16.2. The van der Waals surface area contributed by atoms with E-state index in [9.17, 15) is 9.59 Å². The average molecular weight is 394 g/mol. The van der Waals surface area contributed by atoms with E-state index in [4.69, 9.17) is 0 Å². The number of carbonyl (C=O) groups is 2. The zero-order valence-electron chi connectivity index (χ0n) is 17.4. The molecule has 1 unspecified atom stereocenters. The van der Waals surface area contributed by atoms with Crippen molar-refractivity contribution in [1.29, 1.82) is 0 Å². The number of para-hydroxylation sites is 1. The first-order valence-corrected chi connectivity index (χ1v) is 10.5. The predicted octanol–water partition coefficient (Wildman–Crippen LogP) is 3.24. The molecular weight excluding hydrogens is 362 g/mol. The van der Waals surface area contributed by atoms with Crippen LogP contribution < -0.4 is 10.2 Å². The monoisotopic (exact) mass is 393 g/mol. The van der Waals surface area contributed by atoms with Gasteiger partial charge in [-0.15, -0.1) is 0 Å². The molecule has 1 aliphatic rings. The maximum Gasteiger partial charge on any atom is 0.227 e. The molecule has 1 aliphatic heterocycles. The Morgan fingerprint density at radius 3 is 2.62 bits per heavy atom. The van der Waals surface area contributed by atoms with Crippen molar-refractivity contribution in [3.8, 4) is 0 Å². The molecule has 29 heavy (non-hydrogen) atoms. The molecule has 0 radical (unpaired) electrons. The van der Waals surface area contributed by atoms with Gasteiger partial charge in [0.15, 0.2) is 0 Å². The predicted molar refractivity (Wildman–Crippen MR) is 117 cm³/mol. The SMILES string of the molecule is CCc1ccccc1N1CC(C(=O)NCCCN(C)Cc2ccccc2)CC1=O. The molecular formula is C24H31N3O2. The van der Waals surface area contributed by atoms with Crippen LogP contribution in [0.3, 0.4) is 0 Å². The van der Waals surface area contributed by atoms with E-state index in [0.717, 1.165) is 37.2 Å². The highest BCUT2D eigenvalue weighted by molar-refractivity contribution is 6.00. The number of amides is 2. The Bertz CT molecular complexity index is 822. The minimum Gasteiger partial charge on any atom is -0.356 e. The highest BCUT2D eigenvalue weighted by Crippen LogP contribution is 2.28. The quantitative estimate of drug-likeness (QED) is 0.666. The zero-order valence-corrected chi connectivity index (χ0v) is 17.4. The van der Waals surface area contributed by atoms with Gasteiger partial charge in [0, 0.05) is 31.7 Å². The van der Waals surface area contributed by atoms with Gasteiger partial charge < -0.3 is 15.1 Å². The van der Waals surface area contributed by atoms with Gasteiger partial charge in [0.05, 0.1) is 5.92 Å². The van der Waals surface area contributed by atoms with E-state index >= 15 is 0 Å². The Morgan fingerprint density at radius 1 is 1.14 bits per heavy atom. The third-order valence-electron chi connectivity index (χ3n) is 5.47. The van der Waals surface area contributed by atoms with Crippen molar-refractivity contribution in [3.05, 3.63) is 65.7 Å². The summed E-state index contributed by atoms with van der Waals surface area (Å²) < 4.78 is 0. The molecule has 2 aromatic carbocycles. The van der Waals surface area contributed by atoms with Crippen LogP contribution in [-0.2, 0) is 22.6 Å². The smallest absolute Gasteiger partial charge is 0.227 e. The second kappa shape index (κ2) is 10.2. The fourth-order valence-corrected chi connectivity index (χ4v) is 3.87. The van der Waals surface area contributed by atoms with Crippen LogP contribution >= 0.6 is 0 Å². The Hall–Kier alpha value is -2.66. The van der Waals surface area contributed by atoms with Gasteiger partial charge >= 0.3 is 0 Å². The summed E-state index contributed by atoms with van der Waals surface area (Å²) in [5.74, 6) is -0.247. The molecule has 2 aromatic rings. The molecule has 1 saturated heterocycles. The van der Waals surface area contributed by atoms with Crippen molar-refractivity contribution in [2.75, 3.05) is 31.6 Å². The molecule has 2 amide bonds. The van der Waals surface area contributed by atoms with Crippen molar-refractivity contribution in [2.45, 2.75) is 32.7 Å². The lowest BCUT2D eigenvalue weighted by Gasteiger charge is -2.20. The summed E-state index contributed by atoms with van der Waals surface area (Å²) in [7, 11) is 2.09. The van der Waals surface area contributed by atoms with Gasteiger partial charge in [-0.1, -0.05) is 55.5 Å². The first-order chi connectivity index (χ1) is 14.1. The second-order valence-corrected chi connectivity index (χ2v) is 7.76. The highest BCUT2D eigenvalue weighted by Gasteiger charge is 2.35. The number of hydrogen-bond acceptors (Lipinski definition) is 3. The molecule has 0 bridgehead atoms. The van der Waals surface area contributed by atoms with Crippen LogP contribution in [-0.4, -0.2) is 43.4 Å². The number of benzene rings is 2. The molecule has 0 aliphatic carbocycles. The summed E-state index contributed by atoms with van der Waals surface area (Å²) in [4.78, 5) is 29.1. The van der Waals surface area contributed by atoms with Crippen molar-refractivity contribution >= 4 is 17.5 Å². The molecule has 3 rings (SSSR count). The van der Waals surface area contributed by atoms with E-state index in [-0.39, 0.29) is 24.2 Å². The van der Waals surface area contributed by atoms with Crippen LogP contribution in [0.5, 0.6) is 0 Å². The van der Waals surface area contributed by atoms with Gasteiger partial charge in [-0.05, 0) is 43.6 Å². The minimum atomic E-state index is -0.269. The fraction of sp³-hybridized carbons (Fsp3) is 0.417. The summed E-state index contributed by atoms with van der Waals surface area (Å²) in [6, 6.07) is 18.3. The first-order valence-electron chi connectivity index (χ1n) is 10.5. The number of anilines is 1. The van der Waals surface area contributed by atoms with Crippen molar-refractivity contribution in [3.63, 3.8) is 0 Å². The first kappa shape index (κ1) is 21.1. The van der Waals surface area contributed by atoms with Crippen LogP contribution in [0.25, 0.3) is 0 Å². The van der Waals surface area contributed by atoms with Crippen LogP contribution in [0.2, 0.25) is 0 Å². The van der Waals surface area contributed by atoms with Crippen molar-refractivity contribution in [1.82, 2.24) is 10.2 Å². The van der Waals surface area contributed by atoms with Gasteiger partial charge in [-0.3, -0.25) is 9.59 Å². The van der Waals surface area contributed by atoms with Gasteiger partial charge in [0.1, 0.15) is 0 Å². The number of aryl methyl sites for hydroxylation is 1. The Balaban J connectivity index is 1.42. The van der Waals surface area contributed by atoms with Crippen LogP contribution in [0, 0.1) is 5.92 Å². The molecule has 0 spiro atoms. The Kier molecular flexibility index (Phi) is 7.42. The summed E-state index contributed by atoms with van der Waals surface area (Å²) >= 11 is 0. The largest absolute Gasteiger partial charge is 0.356 e. The van der Waals surface area contributed by atoms with Crippen molar-refractivity contribution in [2.24, 2.45) is 5.92 Å². The molecule has 0 aromatic heterocycles. The van der Waals surface area contributed by atoms with E-state index < -0.39 is 0 Å². The van der Waals surface area contributed by atoms with E-state index in [0.29, 0.717) is 13.1 Å².